The molecule has 0 aliphatic heterocycles. The van der Waals surface area contributed by atoms with E-state index in [1.165, 1.54) is 89.0 Å². The van der Waals surface area contributed by atoms with Gasteiger partial charge in [0.1, 0.15) is 0 Å². The molecule has 0 saturated carbocycles. The van der Waals surface area contributed by atoms with Gasteiger partial charge < -0.3 is 0 Å². The number of hydrogen-bond donors (Lipinski definition) is 0. The summed E-state index contributed by atoms with van der Waals surface area (Å²) < 4.78 is 0. The van der Waals surface area contributed by atoms with Gasteiger partial charge in [0.05, 0.1) is 0 Å². The van der Waals surface area contributed by atoms with Crippen molar-refractivity contribution in [2.24, 2.45) is 0 Å². The van der Waals surface area contributed by atoms with Crippen LogP contribution in [0.3, 0.4) is 0 Å². The van der Waals surface area contributed by atoms with E-state index in [0.29, 0.717) is 0 Å². The van der Waals surface area contributed by atoms with Crippen LogP contribution in [0.5, 0.6) is 0 Å². The molecule has 4 aromatic rings. The normalized spacial score (nSPS) is 12.2. The van der Waals surface area contributed by atoms with Crippen LogP contribution in [0.15, 0.2) is 48.5 Å². The first-order valence-electron chi connectivity index (χ1n) is 16.9. The molecular weight excluding hydrogens is 540 g/mol. The molecule has 0 nitrogen and oxygen atoms in total. The van der Waals surface area contributed by atoms with E-state index in [4.69, 9.17) is 0 Å². The predicted molar refractivity (Wildman–Crippen MR) is 202 cm³/mol. The van der Waals surface area contributed by atoms with Crippen LogP contribution < -0.4 is 0 Å². The van der Waals surface area contributed by atoms with Gasteiger partial charge in [-0.2, -0.15) is 0 Å². The Labute approximate surface area is 277 Å². The van der Waals surface area contributed by atoms with Gasteiger partial charge in [-0.15, -0.1) is 0 Å². The first kappa shape index (κ1) is 36.3. The van der Waals surface area contributed by atoms with E-state index in [-0.39, 0.29) is 16.2 Å². The van der Waals surface area contributed by atoms with Crippen molar-refractivity contribution in [3.8, 4) is 22.3 Å². The molecule has 0 spiro atoms. The highest BCUT2D eigenvalue weighted by Gasteiger charge is 2.26. The molecule has 0 amide bonds. The molecule has 0 aromatic heterocycles. The van der Waals surface area contributed by atoms with Gasteiger partial charge in [0, 0.05) is 0 Å². The topological polar surface area (TPSA) is 0 Å². The van der Waals surface area contributed by atoms with E-state index in [9.17, 15) is 0 Å². The Hall–Kier alpha value is -3.12. The maximum atomic E-state index is 2.43. The van der Waals surface area contributed by atoms with Gasteiger partial charge in [-0.1, -0.05) is 111 Å². The highest BCUT2D eigenvalue weighted by molar-refractivity contribution is 5.71. The summed E-state index contributed by atoms with van der Waals surface area (Å²) in [6.07, 6.45) is 0. The summed E-state index contributed by atoms with van der Waals surface area (Å²) in [5.74, 6) is 0. The molecule has 0 N–H and O–H groups in total. The SMILES string of the molecule is Cc1cc(-c2cc(C(C)(C)C)c(C)c(C(C)(C)C)c2)cc(C(C)(C)C)c1C.Cc1cc(-c2cc(C)c(C)c(C)c2)cc(C)c1C. The second kappa shape index (κ2) is 12.9. The minimum absolute atomic E-state index is 0.132. The van der Waals surface area contributed by atoms with E-state index < -0.39 is 0 Å². The average Bonchev–Trinajstić information content (AvgIpc) is 2.89. The molecule has 0 bridgehead atoms. The lowest BCUT2D eigenvalue weighted by Crippen LogP contribution is -2.20. The fraction of sp³-hybridized carbons (Fsp3) is 0.467. The van der Waals surface area contributed by atoms with Crippen molar-refractivity contribution in [3.05, 3.63) is 115 Å². The second-order valence-corrected chi connectivity index (χ2v) is 16.9. The van der Waals surface area contributed by atoms with E-state index in [0.717, 1.165) is 0 Å². The summed E-state index contributed by atoms with van der Waals surface area (Å²) in [6, 6.07) is 18.8. The van der Waals surface area contributed by atoms with Crippen LogP contribution in [0.25, 0.3) is 22.3 Å². The maximum absolute atomic E-state index is 2.43. The Bertz CT molecular complexity index is 1560. The van der Waals surface area contributed by atoms with Crippen molar-refractivity contribution in [1.29, 1.82) is 0 Å². The average molecular weight is 603 g/mol. The Morgan fingerprint density at radius 3 is 0.733 bits per heavy atom. The van der Waals surface area contributed by atoms with Crippen molar-refractivity contribution >= 4 is 0 Å². The summed E-state index contributed by atoms with van der Waals surface area (Å²) in [4.78, 5) is 0. The molecule has 0 heteroatoms. The molecule has 0 fully saturated rings. The second-order valence-electron chi connectivity index (χ2n) is 16.9. The van der Waals surface area contributed by atoms with E-state index >= 15 is 0 Å². The molecule has 0 heterocycles. The fourth-order valence-electron chi connectivity index (χ4n) is 6.65. The molecule has 0 radical (unpaired) electrons. The molecule has 4 aromatic carbocycles. The van der Waals surface area contributed by atoms with Gasteiger partial charge in [-0.05, 0) is 168 Å². The zero-order valence-electron chi connectivity index (χ0n) is 32.1. The molecular formula is C45H62. The molecule has 0 aliphatic carbocycles. The van der Waals surface area contributed by atoms with Crippen LogP contribution in [0, 0.1) is 62.3 Å². The van der Waals surface area contributed by atoms with Gasteiger partial charge in [-0.25, -0.2) is 0 Å². The highest BCUT2D eigenvalue weighted by Crippen LogP contribution is 2.39. The standard InChI is InChI=1S/C27H40.C18H22/c1-17-13-20(14-22(18(17)2)25(4,5)6)21-15-23(26(7,8)9)19(3)24(16-21)27(10,11)12;1-11-7-17(8-12(2)15(11)5)18-9-13(3)16(6)14(4)10-18/h13-16H,1-12H3;7-10H,1-6H3. The quantitative estimate of drug-likeness (QED) is 0.214. The first-order chi connectivity index (χ1) is 20.4. The molecule has 0 aliphatic rings. The lowest BCUT2D eigenvalue weighted by atomic mass is 9.74. The van der Waals surface area contributed by atoms with E-state index in [1.807, 2.05) is 0 Å². The van der Waals surface area contributed by atoms with Crippen molar-refractivity contribution in [2.75, 3.05) is 0 Å². The minimum Gasteiger partial charge on any atom is -0.0561 e. The summed E-state index contributed by atoms with van der Waals surface area (Å²) in [5.41, 5.74) is 22.7. The molecule has 0 unspecified atom stereocenters. The first-order valence-corrected chi connectivity index (χ1v) is 16.9. The molecule has 45 heavy (non-hydrogen) atoms. The van der Waals surface area contributed by atoms with Crippen LogP contribution >= 0.6 is 0 Å². The van der Waals surface area contributed by atoms with Crippen molar-refractivity contribution in [3.63, 3.8) is 0 Å². The number of benzene rings is 4. The molecule has 0 atom stereocenters. The number of aryl methyl sites for hydroxylation is 5. The van der Waals surface area contributed by atoms with E-state index in [2.05, 4.69) is 173 Å². The minimum atomic E-state index is 0.132. The van der Waals surface area contributed by atoms with Crippen molar-refractivity contribution in [1.82, 2.24) is 0 Å². The summed E-state index contributed by atoms with van der Waals surface area (Å²) >= 11 is 0. The van der Waals surface area contributed by atoms with Gasteiger partial charge in [0.15, 0.2) is 0 Å². The van der Waals surface area contributed by atoms with E-state index in [1.54, 1.807) is 0 Å². The predicted octanol–water partition coefficient (Wildman–Crippen LogP) is 13.4. The molecule has 242 valence electrons. The van der Waals surface area contributed by atoms with Crippen LogP contribution in [0.4, 0.5) is 0 Å². The number of rotatable bonds is 2. The van der Waals surface area contributed by atoms with Crippen molar-refractivity contribution < 1.29 is 0 Å². The Morgan fingerprint density at radius 1 is 0.267 bits per heavy atom. The van der Waals surface area contributed by atoms with Crippen molar-refractivity contribution in [2.45, 2.75) is 141 Å². The monoisotopic (exact) mass is 602 g/mol. The summed E-state index contributed by atoms with van der Waals surface area (Å²) in [6.45, 7) is 40.9. The third kappa shape index (κ3) is 8.19. The van der Waals surface area contributed by atoms with Crippen LogP contribution in [0.1, 0.15) is 129 Å². The Kier molecular flexibility index (Phi) is 10.5. The third-order valence-corrected chi connectivity index (χ3v) is 10.0. The van der Waals surface area contributed by atoms with Crippen LogP contribution in [-0.4, -0.2) is 0 Å². The molecule has 4 rings (SSSR count). The number of hydrogen-bond acceptors (Lipinski definition) is 0. The highest BCUT2D eigenvalue weighted by atomic mass is 14.3. The zero-order chi connectivity index (χ0) is 34.4. The van der Waals surface area contributed by atoms with Gasteiger partial charge in [-0.3, -0.25) is 0 Å². The smallest absolute Gasteiger partial charge is 0.0129 e. The van der Waals surface area contributed by atoms with Gasteiger partial charge >= 0.3 is 0 Å². The lowest BCUT2D eigenvalue weighted by Gasteiger charge is -2.30. The maximum Gasteiger partial charge on any atom is -0.0129 e. The third-order valence-electron chi connectivity index (χ3n) is 10.0. The Morgan fingerprint density at radius 2 is 0.467 bits per heavy atom. The molecule has 0 saturated heterocycles. The Balaban J connectivity index is 0.000000265. The van der Waals surface area contributed by atoms with Crippen LogP contribution in [0.2, 0.25) is 0 Å². The summed E-state index contributed by atoms with van der Waals surface area (Å²) in [7, 11) is 0. The summed E-state index contributed by atoms with van der Waals surface area (Å²) in [5, 5.41) is 0. The largest absolute Gasteiger partial charge is 0.0561 e. The fourth-order valence-corrected chi connectivity index (χ4v) is 6.65. The zero-order valence-corrected chi connectivity index (χ0v) is 32.1. The van der Waals surface area contributed by atoms with Gasteiger partial charge in [0.2, 0.25) is 0 Å². The lowest BCUT2D eigenvalue weighted by molar-refractivity contribution is 0.561. The van der Waals surface area contributed by atoms with Crippen LogP contribution in [-0.2, 0) is 16.2 Å². The van der Waals surface area contributed by atoms with Gasteiger partial charge in [0.25, 0.3) is 0 Å².